The van der Waals surface area contributed by atoms with E-state index in [1.165, 1.54) is 0 Å². The molecule has 2 rings (SSSR count). The Kier molecular flexibility index (Phi) is 4.50. The first kappa shape index (κ1) is 14.0. The second kappa shape index (κ2) is 6.12. The average molecular weight is 276 g/mol. The van der Waals surface area contributed by atoms with Crippen molar-refractivity contribution in [2.75, 3.05) is 20.6 Å². The number of nitrogens with zero attached hydrogens (tertiary/aromatic N) is 3. The maximum absolute atomic E-state index is 5.66. The highest BCUT2D eigenvalue weighted by Crippen LogP contribution is 2.17. The van der Waals surface area contributed by atoms with E-state index in [1.54, 1.807) is 0 Å². The van der Waals surface area contributed by atoms with Gasteiger partial charge in [-0.1, -0.05) is 24.4 Å². The minimum atomic E-state index is 0.490. The van der Waals surface area contributed by atoms with Gasteiger partial charge in [0.1, 0.15) is 5.82 Å². The van der Waals surface area contributed by atoms with Crippen molar-refractivity contribution < 1.29 is 0 Å². The number of benzene rings is 1. The summed E-state index contributed by atoms with van der Waals surface area (Å²) in [6.07, 6.45) is 1.64. The third kappa shape index (κ3) is 3.52. The van der Waals surface area contributed by atoms with E-state index in [4.69, 9.17) is 18.0 Å². The Morgan fingerprint density at radius 1 is 1.37 bits per heavy atom. The van der Waals surface area contributed by atoms with Gasteiger partial charge in [-0.05, 0) is 39.2 Å². The summed E-state index contributed by atoms with van der Waals surface area (Å²) in [6.45, 7) is 2.00. The highest BCUT2D eigenvalue weighted by molar-refractivity contribution is 7.80. The molecule has 0 spiro atoms. The molecule has 0 bridgehead atoms. The molecule has 2 aromatic rings. The zero-order chi connectivity index (χ0) is 13.8. The van der Waals surface area contributed by atoms with E-state index in [1.807, 2.05) is 18.2 Å². The number of aryl methyl sites for hydroxylation is 1. The quantitative estimate of drug-likeness (QED) is 0.818. The molecule has 102 valence electrons. The van der Waals surface area contributed by atoms with Crippen LogP contribution in [-0.2, 0) is 13.0 Å². The molecule has 2 N–H and O–H groups in total. The summed E-state index contributed by atoms with van der Waals surface area (Å²) >= 11 is 5.01. The van der Waals surface area contributed by atoms with Crippen molar-refractivity contribution in [2.24, 2.45) is 5.73 Å². The van der Waals surface area contributed by atoms with Gasteiger partial charge < -0.3 is 15.2 Å². The Labute approximate surface area is 119 Å². The van der Waals surface area contributed by atoms with Gasteiger partial charge >= 0.3 is 0 Å². The van der Waals surface area contributed by atoms with Gasteiger partial charge in [0.15, 0.2) is 0 Å². The molecule has 0 aliphatic rings. The Morgan fingerprint density at radius 3 is 2.79 bits per heavy atom. The zero-order valence-corrected chi connectivity index (χ0v) is 12.3. The Bertz CT molecular complexity index is 574. The van der Waals surface area contributed by atoms with Gasteiger partial charge in [0.25, 0.3) is 0 Å². The van der Waals surface area contributed by atoms with Crippen molar-refractivity contribution in [2.45, 2.75) is 19.4 Å². The lowest BCUT2D eigenvalue weighted by atomic mass is 10.3. The molecule has 1 heterocycles. The number of rotatable bonds is 6. The van der Waals surface area contributed by atoms with Crippen LogP contribution in [0, 0.1) is 0 Å². The number of hydrogen-bond acceptors (Lipinski definition) is 3. The fraction of sp³-hybridized carbons (Fsp3) is 0.429. The van der Waals surface area contributed by atoms with E-state index in [-0.39, 0.29) is 0 Å². The van der Waals surface area contributed by atoms with Crippen LogP contribution in [0.15, 0.2) is 24.3 Å². The molecule has 5 heteroatoms. The number of thiocarbonyl (C=S) groups is 1. The molecule has 0 fully saturated rings. The Balaban J connectivity index is 2.28. The largest absolute Gasteiger partial charge is 0.393 e. The van der Waals surface area contributed by atoms with Gasteiger partial charge in [-0.3, -0.25) is 0 Å². The molecule has 0 aliphatic heterocycles. The van der Waals surface area contributed by atoms with Crippen molar-refractivity contribution in [3.05, 3.63) is 30.1 Å². The van der Waals surface area contributed by atoms with Crippen LogP contribution in [-0.4, -0.2) is 40.1 Å². The SMILES string of the molecule is CN(C)CCCn1c(CC(N)=S)nc2ccccc21. The maximum atomic E-state index is 5.66. The summed E-state index contributed by atoms with van der Waals surface area (Å²) in [7, 11) is 4.17. The predicted molar refractivity (Wildman–Crippen MR) is 83.4 cm³/mol. The normalized spacial score (nSPS) is 11.3. The zero-order valence-electron chi connectivity index (χ0n) is 11.5. The van der Waals surface area contributed by atoms with Crippen molar-refractivity contribution in [3.8, 4) is 0 Å². The number of para-hydroxylation sites is 2. The Hall–Kier alpha value is -1.46. The minimum absolute atomic E-state index is 0.490. The van der Waals surface area contributed by atoms with Crippen molar-refractivity contribution in [3.63, 3.8) is 0 Å². The van der Waals surface area contributed by atoms with Crippen LogP contribution in [0.3, 0.4) is 0 Å². The molecule has 19 heavy (non-hydrogen) atoms. The van der Waals surface area contributed by atoms with Gasteiger partial charge in [-0.2, -0.15) is 0 Å². The summed E-state index contributed by atoms with van der Waals surface area (Å²) in [6, 6.07) is 8.17. The van der Waals surface area contributed by atoms with Crippen LogP contribution in [0.1, 0.15) is 12.2 Å². The van der Waals surface area contributed by atoms with Gasteiger partial charge in [0.2, 0.25) is 0 Å². The van der Waals surface area contributed by atoms with E-state index in [0.29, 0.717) is 11.4 Å². The topological polar surface area (TPSA) is 47.1 Å². The molecular formula is C14H20N4S. The maximum Gasteiger partial charge on any atom is 0.116 e. The first-order valence-electron chi connectivity index (χ1n) is 6.45. The smallest absolute Gasteiger partial charge is 0.116 e. The molecule has 4 nitrogen and oxygen atoms in total. The van der Waals surface area contributed by atoms with Crippen LogP contribution in [0.5, 0.6) is 0 Å². The molecule has 0 radical (unpaired) electrons. The molecule has 0 aliphatic carbocycles. The van der Waals surface area contributed by atoms with Gasteiger partial charge in [-0.25, -0.2) is 4.98 Å². The second-order valence-electron chi connectivity index (χ2n) is 4.97. The van der Waals surface area contributed by atoms with Gasteiger partial charge in [-0.15, -0.1) is 0 Å². The molecule has 0 atom stereocenters. The van der Waals surface area contributed by atoms with Crippen LogP contribution in [0.2, 0.25) is 0 Å². The summed E-state index contributed by atoms with van der Waals surface area (Å²) in [5.74, 6) is 0.965. The summed E-state index contributed by atoms with van der Waals surface area (Å²) in [4.78, 5) is 7.31. The van der Waals surface area contributed by atoms with E-state index >= 15 is 0 Å². The van der Waals surface area contributed by atoms with Crippen LogP contribution in [0.4, 0.5) is 0 Å². The first-order chi connectivity index (χ1) is 9.08. The lowest BCUT2D eigenvalue weighted by molar-refractivity contribution is 0.386. The summed E-state index contributed by atoms with van der Waals surface area (Å²) in [5.41, 5.74) is 7.83. The molecule has 0 saturated carbocycles. The predicted octanol–water partition coefficient (Wildman–Crippen LogP) is 1.82. The third-order valence-electron chi connectivity index (χ3n) is 3.05. The van der Waals surface area contributed by atoms with Gasteiger partial charge in [0, 0.05) is 6.54 Å². The van der Waals surface area contributed by atoms with Crippen LogP contribution in [0.25, 0.3) is 11.0 Å². The fourth-order valence-electron chi connectivity index (χ4n) is 2.21. The highest BCUT2D eigenvalue weighted by atomic mass is 32.1. The number of aromatic nitrogens is 2. The van der Waals surface area contributed by atoms with Crippen molar-refractivity contribution in [1.29, 1.82) is 0 Å². The standard InChI is InChI=1S/C14H20N4S/c1-17(2)8-5-9-18-12-7-4-3-6-11(12)16-14(18)10-13(15)19/h3-4,6-7H,5,8-10H2,1-2H3,(H2,15,19). The molecule has 0 amide bonds. The Morgan fingerprint density at radius 2 is 2.11 bits per heavy atom. The van der Waals surface area contributed by atoms with E-state index in [9.17, 15) is 0 Å². The second-order valence-corrected chi connectivity index (χ2v) is 5.49. The lowest BCUT2D eigenvalue weighted by Gasteiger charge is -2.12. The number of hydrogen-bond donors (Lipinski definition) is 1. The summed E-state index contributed by atoms with van der Waals surface area (Å²) in [5, 5.41) is 0. The van der Waals surface area contributed by atoms with Crippen LogP contribution < -0.4 is 5.73 Å². The number of fused-ring (bicyclic) bond motifs is 1. The van der Waals surface area contributed by atoms with Crippen molar-refractivity contribution in [1.82, 2.24) is 14.5 Å². The van der Waals surface area contributed by atoms with E-state index in [2.05, 4.69) is 34.6 Å². The lowest BCUT2D eigenvalue weighted by Crippen LogP contribution is -2.18. The molecule has 0 unspecified atom stereocenters. The first-order valence-corrected chi connectivity index (χ1v) is 6.86. The van der Waals surface area contributed by atoms with Gasteiger partial charge in [0.05, 0.1) is 22.4 Å². The third-order valence-corrected chi connectivity index (χ3v) is 3.20. The van der Waals surface area contributed by atoms with E-state index in [0.717, 1.165) is 36.4 Å². The monoisotopic (exact) mass is 276 g/mol. The number of imidazole rings is 1. The average Bonchev–Trinajstić information content (AvgIpc) is 2.66. The molecule has 1 aromatic carbocycles. The summed E-state index contributed by atoms with van der Waals surface area (Å²) < 4.78 is 2.23. The molecular weight excluding hydrogens is 256 g/mol. The van der Waals surface area contributed by atoms with Crippen molar-refractivity contribution >= 4 is 28.2 Å². The van der Waals surface area contributed by atoms with E-state index < -0.39 is 0 Å². The van der Waals surface area contributed by atoms with Crippen LogP contribution >= 0.6 is 12.2 Å². The number of nitrogens with two attached hydrogens (primary N) is 1. The fourth-order valence-corrected chi connectivity index (χ4v) is 2.34. The molecule has 1 aromatic heterocycles. The highest BCUT2D eigenvalue weighted by Gasteiger charge is 2.10. The minimum Gasteiger partial charge on any atom is -0.393 e. The molecule has 0 saturated heterocycles.